The molecule has 114 valence electrons. The second-order valence-electron chi connectivity index (χ2n) is 4.98. The Labute approximate surface area is 121 Å². The molecule has 1 saturated heterocycles. The van der Waals surface area contributed by atoms with Gasteiger partial charge in [0.05, 0.1) is 23.7 Å². The highest BCUT2D eigenvalue weighted by Gasteiger charge is 2.29. The Morgan fingerprint density at radius 3 is 2.86 bits per heavy atom. The molecule has 3 N–H and O–H groups in total. The Morgan fingerprint density at radius 1 is 1.57 bits per heavy atom. The number of nitrogens with two attached hydrogens (primary N) is 1. The molecule has 2 atom stereocenters. The van der Waals surface area contributed by atoms with Crippen molar-refractivity contribution in [2.45, 2.75) is 19.1 Å². The van der Waals surface area contributed by atoms with Crippen LogP contribution in [0.4, 0.5) is 11.4 Å². The number of nitro benzene ring substituents is 1. The van der Waals surface area contributed by atoms with Crippen molar-refractivity contribution in [2.75, 3.05) is 24.6 Å². The molecule has 0 bridgehead atoms. The van der Waals surface area contributed by atoms with Gasteiger partial charge in [-0.15, -0.1) is 0 Å². The van der Waals surface area contributed by atoms with E-state index in [2.05, 4.69) is 0 Å². The van der Waals surface area contributed by atoms with E-state index in [-0.39, 0.29) is 24.0 Å². The third kappa shape index (κ3) is 3.29. The maximum Gasteiger partial charge on any atom is 0.293 e. The molecule has 1 aliphatic heterocycles. The Hall–Kier alpha value is -2.19. The van der Waals surface area contributed by atoms with Gasteiger partial charge in [0.2, 0.25) is 5.91 Å². The number of carbonyl (C=O) groups is 1. The number of primary amides is 1. The van der Waals surface area contributed by atoms with Gasteiger partial charge < -0.3 is 20.5 Å². The predicted octanol–water partition coefficient (Wildman–Crippen LogP) is 0.280. The number of nitrogens with zero attached hydrogens (tertiary/aromatic N) is 2. The molecule has 0 spiro atoms. The Balaban J connectivity index is 2.38. The van der Waals surface area contributed by atoms with Crippen LogP contribution in [-0.2, 0) is 4.74 Å². The molecule has 0 radical (unpaired) electrons. The van der Waals surface area contributed by atoms with Crippen LogP contribution in [-0.4, -0.2) is 47.8 Å². The van der Waals surface area contributed by atoms with E-state index in [9.17, 15) is 20.0 Å². The molecule has 8 heteroatoms. The molecule has 1 heterocycles. The summed E-state index contributed by atoms with van der Waals surface area (Å²) in [7, 11) is 0. The fourth-order valence-electron chi connectivity index (χ4n) is 2.43. The van der Waals surface area contributed by atoms with E-state index >= 15 is 0 Å². The SMILES string of the molecule is CC1CN(c2ccc(C(N)=O)cc2[N+](=O)[O-])CC(CO)O1. The third-order valence-electron chi connectivity index (χ3n) is 3.33. The minimum atomic E-state index is -0.715. The first-order valence-electron chi connectivity index (χ1n) is 6.52. The molecular formula is C13H17N3O5. The van der Waals surface area contributed by atoms with Crippen molar-refractivity contribution in [3.05, 3.63) is 33.9 Å². The molecule has 1 aromatic carbocycles. The van der Waals surface area contributed by atoms with Crippen LogP contribution in [0, 0.1) is 10.1 Å². The summed E-state index contributed by atoms with van der Waals surface area (Å²) in [5, 5.41) is 20.4. The summed E-state index contributed by atoms with van der Waals surface area (Å²) in [4.78, 5) is 23.6. The number of amides is 1. The number of hydrogen-bond donors (Lipinski definition) is 2. The zero-order valence-corrected chi connectivity index (χ0v) is 11.6. The van der Waals surface area contributed by atoms with E-state index in [0.717, 1.165) is 0 Å². The fraction of sp³-hybridized carbons (Fsp3) is 0.462. The third-order valence-corrected chi connectivity index (χ3v) is 3.33. The first-order valence-corrected chi connectivity index (χ1v) is 6.52. The number of benzene rings is 1. The monoisotopic (exact) mass is 295 g/mol. The first-order chi connectivity index (χ1) is 9.92. The molecule has 2 unspecified atom stereocenters. The molecule has 1 amide bonds. The summed E-state index contributed by atoms with van der Waals surface area (Å²) in [5.41, 5.74) is 5.44. The average Bonchev–Trinajstić information content (AvgIpc) is 2.45. The topological polar surface area (TPSA) is 119 Å². The summed E-state index contributed by atoms with van der Waals surface area (Å²) in [6, 6.07) is 4.13. The largest absolute Gasteiger partial charge is 0.394 e. The standard InChI is InChI=1S/C13H17N3O5/c1-8-5-15(6-10(7-17)21-8)11-3-2-9(13(14)18)4-12(11)16(19)20/h2-4,8,10,17H,5-7H2,1H3,(H2,14,18). The minimum absolute atomic E-state index is 0.0884. The maximum atomic E-state index is 11.2. The summed E-state index contributed by atoms with van der Waals surface area (Å²) in [6.07, 6.45) is -0.560. The van der Waals surface area contributed by atoms with Crippen LogP contribution in [0.25, 0.3) is 0 Å². The molecule has 2 rings (SSSR count). The summed E-state index contributed by atoms with van der Waals surface area (Å²) in [6.45, 7) is 2.48. The van der Waals surface area contributed by atoms with E-state index in [1.807, 2.05) is 6.92 Å². The van der Waals surface area contributed by atoms with Gasteiger partial charge in [0.1, 0.15) is 5.69 Å². The number of hydrogen-bond acceptors (Lipinski definition) is 6. The number of aliphatic hydroxyl groups is 1. The van der Waals surface area contributed by atoms with Crippen molar-refractivity contribution in [1.82, 2.24) is 0 Å². The number of rotatable bonds is 4. The molecule has 1 aliphatic rings. The van der Waals surface area contributed by atoms with Gasteiger partial charge in [-0.2, -0.15) is 0 Å². The normalized spacial score (nSPS) is 22.1. The quantitative estimate of drug-likeness (QED) is 0.608. The van der Waals surface area contributed by atoms with Gasteiger partial charge in [-0.25, -0.2) is 0 Å². The zero-order chi connectivity index (χ0) is 15.6. The number of morpholine rings is 1. The number of aliphatic hydroxyl groups excluding tert-OH is 1. The van der Waals surface area contributed by atoms with Crippen molar-refractivity contribution >= 4 is 17.3 Å². The van der Waals surface area contributed by atoms with Crippen LogP contribution in [0.3, 0.4) is 0 Å². The van der Waals surface area contributed by atoms with Crippen LogP contribution in [0.15, 0.2) is 18.2 Å². The van der Waals surface area contributed by atoms with Gasteiger partial charge in [0.25, 0.3) is 5.69 Å². The van der Waals surface area contributed by atoms with Gasteiger partial charge >= 0.3 is 0 Å². The molecule has 8 nitrogen and oxygen atoms in total. The van der Waals surface area contributed by atoms with Crippen molar-refractivity contribution in [2.24, 2.45) is 5.73 Å². The Kier molecular flexibility index (Phi) is 4.39. The Bertz CT molecular complexity index is 563. The van der Waals surface area contributed by atoms with E-state index < -0.39 is 16.9 Å². The van der Waals surface area contributed by atoms with Crippen LogP contribution < -0.4 is 10.6 Å². The zero-order valence-electron chi connectivity index (χ0n) is 11.6. The molecule has 21 heavy (non-hydrogen) atoms. The smallest absolute Gasteiger partial charge is 0.293 e. The van der Waals surface area contributed by atoms with Gasteiger partial charge in [0, 0.05) is 24.7 Å². The number of carbonyl (C=O) groups excluding carboxylic acids is 1. The molecule has 0 aliphatic carbocycles. The highest BCUT2D eigenvalue weighted by molar-refractivity contribution is 5.94. The number of anilines is 1. The van der Waals surface area contributed by atoms with Crippen molar-refractivity contribution in [3.8, 4) is 0 Å². The van der Waals surface area contributed by atoms with Crippen molar-refractivity contribution < 1.29 is 19.6 Å². The van der Waals surface area contributed by atoms with Crippen LogP contribution in [0.1, 0.15) is 17.3 Å². The highest BCUT2D eigenvalue weighted by Crippen LogP contribution is 2.31. The lowest BCUT2D eigenvalue weighted by atomic mass is 10.1. The second kappa shape index (κ2) is 6.06. The van der Waals surface area contributed by atoms with Crippen LogP contribution in [0.5, 0.6) is 0 Å². The maximum absolute atomic E-state index is 11.2. The summed E-state index contributed by atoms with van der Waals surface area (Å²) in [5.74, 6) is -0.715. The first kappa shape index (κ1) is 15.2. The number of ether oxygens (including phenoxy) is 1. The summed E-state index contributed by atoms with van der Waals surface area (Å²) >= 11 is 0. The second-order valence-corrected chi connectivity index (χ2v) is 4.98. The fourth-order valence-corrected chi connectivity index (χ4v) is 2.43. The predicted molar refractivity (Wildman–Crippen MR) is 75.2 cm³/mol. The molecular weight excluding hydrogens is 278 g/mol. The Morgan fingerprint density at radius 2 is 2.29 bits per heavy atom. The van der Waals surface area contributed by atoms with Crippen LogP contribution >= 0.6 is 0 Å². The van der Waals surface area contributed by atoms with Crippen molar-refractivity contribution in [3.63, 3.8) is 0 Å². The molecule has 0 aromatic heterocycles. The van der Waals surface area contributed by atoms with Gasteiger partial charge in [-0.1, -0.05) is 0 Å². The lowest BCUT2D eigenvalue weighted by Crippen LogP contribution is -2.48. The van der Waals surface area contributed by atoms with Gasteiger partial charge in [0.15, 0.2) is 0 Å². The van der Waals surface area contributed by atoms with E-state index in [0.29, 0.717) is 18.8 Å². The van der Waals surface area contributed by atoms with E-state index in [4.69, 9.17) is 10.5 Å². The summed E-state index contributed by atoms with van der Waals surface area (Å²) < 4.78 is 5.51. The van der Waals surface area contributed by atoms with Gasteiger partial charge in [-0.3, -0.25) is 14.9 Å². The van der Waals surface area contributed by atoms with Gasteiger partial charge in [-0.05, 0) is 19.1 Å². The number of nitro groups is 1. The lowest BCUT2D eigenvalue weighted by Gasteiger charge is -2.37. The minimum Gasteiger partial charge on any atom is -0.394 e. The molecule has 0 saturated carbocycles. The molecule has 1 fully saturated rings. The molecule has 1 aromatic rings. The van der Waals surface area contributed by atoms with E-state index in [1.165, 1.54) is 18.2 Å². The average molecular weight is 295 g/mol. The lowest BCUT2D eigenvalue weighted by molar-refractivity contribution is -0.384. The van der Waals surface area contributed by atoms with Crippen molar-refractivity contribution in [1.29, 1.82) is 0 Å². The highest BCUT2D eigenvalue weighted by atomic mass is 16.6. The van der Waals surface area contributed by atoms with E-state index in [1.54, 1.807) is 4.90 Å². The van der Waals surface area contributed by atoms with Crippen LogP contribution in [0.2, 0.25) is 0 Å².